The van der Waals surface area contributed by atoms with Crippen LogP contribution in [-0.2, 0) is 0 Å². The first-order valence-electron chi connectivity index (χ1n) is 6.04. The summed E-state index contributed by atoms with van der Waals surface area (Å²) in [5.41, 5.74) is 0.402. The van der Waals surface area contributed by atoms with Crippen LogP contribution in [0.5, 0.6) is 0 Å². The third-order valence-corrected chi connectivity index (χ3v) is 5.58. The number of thiophene rings is 1. The molecule has 2 unspecified atom stereocenters. The van der Waals surface area contributed by atoms with E-state index >= 15 is 0 Å². The monoisotopic (exact) mass is 301 g/mol. The first-order valence-corrected chi connectivity index (χ1v) is 7.65. The molecule has 0 saturated heterocycles. The maximum Gasteiger partial charge on any atom is 0.0701 e. The lowest BCUT2D eigenvalue weighted by Gasteiger charge is -2.52. The van der Waals surface area contributed by atoms with Crippen LogP contribution in [0.2, 0.25) is 0 Å². The Morgan fingerprint density at radius 2 is 2.25 bits per heavy atom. The van der Waals surface area contributed by atoms with Gasteiger partial charge in [-0.2, -0.15) is 0 Å². The van der Waals surface area contributed by atoms with Gasteiger partial charge in [0.2, 0.25) is 0 Å². The van der Waals surface area contributed by atoms with Crippen molar-refractivity contribution in [1.82, 2.24) is 5.32 Å². The van der Waals surface area contributed by atoms with Gasteiger partial charge in [-0.1, -0.05) is 20.8 Å². The lowest BCUT2D eigenvalue weighted by Crippen LogP contribution is -2.55. The summed E-state index contributed by atoms with van der Waals surface area (Å²) < 4.78 is 1.25. The van der Waals surface area contributed by atoms with Crippen molar-refractivity contribution in [3.8, 4) is 0 Å². The molecule has 2 atom stereocenters. The minimum atomic E-state index is 0.402. The lowest BCUT2D eigenvalue weighted by atomic mass is 9.58. The molecule has 1 fully saturated rings. The van der Waals surface area contributed by atoms with Gasteiger partial charge in [-0.25, -0.2) is 0 Å². The van der Waals surface area contributed by atoms with Crippen LogP contribution in [0.4, 0.5) is 0 Å². The molecular weight excluding hydrogens is 282 g/mol. The van der Waals surface area contributed by atoms with Gasteiger partial charge in [-0.3, -0.25) is 0 Å². The van der Waals surface area contributed by atoms with E-state index in [1.165, 1.54) is 21.5 Å². The number of nitrogens with one attached hydrogen (secondary N) is 1. The van der Waals surface area contributed by atoms with Crippen LogP contribution in [0, 0.1) is 5.41 Å². The molecule has 1 aliphatic rings. The molecule has 90 valence electrons. The van der Waals surface area contributed by atoms with Crippen LogP contribution in [0.15, 0.2) is 15.9 Å². The van der Waals surface area contributed by atoms with Gasteiger partial charge in [0.1, 0.15) is 0 Å². The van der Waals surface area contributed by atoms with Crippen molar-refractivity contribution in [2.75, 3.05) is 6.54 Å². The third kappa shape index (κ3) is 2.22. The fourth-order valence-corrected chi connectivity index (χ4v) is 4.32. The second kappa shape index (κ2) is 4.79. The van der Waals surface area contributed by atoms with Crippen molar-refractivity contribution in [1.29, 1.82) is 0 Å². The molecule has 0 radical (unpaired) electrons. The van der Waals surface area contributed by atoms with Crippen LogP contribution < -0.4 is 5.32 Å². The Hall–Kier alpha value is 0.140. The molecule has 1 heterocycles. The maximum atomic E-state index is 3.66. The van der Waals surface area contributed by atoms with E-state index in [4.69, 9.17) is 0 Å². The Morgan fingerprint density at radius 1 is 1.50 bits per heavy atom. The zero-order valence-electron chi connectivity index (χ0n) is 10.2. The highest BCUT2D eigenvalue weighted by Gasteiger charge is 2.48. The normalized spacial score (nSPS) is 27.8. The van der Waals surface area contributed by atoms with Gasteiger partial charge in [-0.15, -0.1) is 11.3 Å². The predicted octanol–water partition coefficient (Wildman–Crippen LogP) is 4.39. The minimum absolute atomic E-state index is 0.402. The van der Waals surface area contributed by atoms with Gasteiger partial charge in [0.15, 0.2) is 0 Å². The SMILES string of the molecule is CCCNC1CC(c2ccc(Br)s2)C1(C)C. The van der Waals surface area contributed by atoms with E-state index in [2.05, 4.69) is 54.2 Å². The first-order chi connectivity index (χ1) is 7.55. The summed E-state index contributed by atoms with van der Waals surface area (Å²) in [5.74, 6) is 0.734. The molecule has 16 heavy (non-hydrogen) atoms. The van der Waals surface area contributed by atoms with E-state index in [1.807, 2.05) is 11.3 Å². The van der Waals surface area contributed by atoms with E-state index in [0.717, 1.165) is 12.5 Å². The topological polar surface area (TPSA) is 12.0 Å². The Bertz CT molecular complexity index is 359. The van der Waals surface area contributed by atoms with Gasteiger partial charge < -0.3 is 5.32 Å². The minimum Gasteiger partial charge on any atom is -0.313 e. The smallest absolute Gasteiger partial charge is 0.0701 e. The molecule has 1 N–H and O–H groups in total. The molecule has 1 aliphatic carbocycles. The molecule has 2 rings (SSSR count). The summed E-state index contributed by atoms with van der Waals surface area (Å²) in [5, 5.41) is 3.66. The van der Waals surface area contributed by atoms with Gasteiger partial charge in [0.05, 0.1) is 3.79 Å². The second-order valence-electron chi connectivity index (χ2n) is 5.26. The number of hydrogen-bond donors (Lipinski definition) is 1. The van der Waals surface area contributed by atoms with Crippen LogP contribution in [0.1, 0.15) is 44.4 Å². The van der Waals surface area contributed by atoms with E-state index < -0.39 is 0 Å². The highest BCUT2D eigenvalue weighted by Crippen LogP contribution is 2.54. The van der Waals surface area contributed by atoms with E-state index in [9.17, 15) is 0 Å². The second-order valence-corrected chi connectivity index (χ2v) is 7.75. The van der Waals surface area contributed by atoms with E-state index in [-0.39, 0.29) is 0 Å². The summed E-state index contributed by atoms with van der Waals surface area (Å²) in [7, 11) is 0. The Morgan fingerprint density at radius 3 is 2.75 bits per heavy atom. The van der Waals surface area contributed by atoms with Crippen molar-refractivity contribution in [3.63, 3.8) is 0 Å². The van der Waals surface area contributed by atoms with Crippen LogP contribution in [-0.4, -0.2) is 12.6 Å². The fraction of sp³-hybridized carbons (Fsp3) is 0.692. The molecule has 1 nitrogen and oxygen atoms in total. The third-order valence-electron chi connectivity index (χ3n) is 3.85. The van der Waals surface area contributed by atoms with Gasteiger partial charge >= 0.3 is 0 Å². The van der Waals surface area contributed by atoms with Gasteiger partial charge in [0.25, 0.3) is 0 Å². The number of halogens is 1. The van der Waals surface area contributed by atoms with Crippen LogP contribution in [0.25, 0.3) is 0 Å². The first kappa shape index (κ1) is 12.6. The van der Waals surface area contributed by atoms with Crippen molar-refractivity contribution in [2.24, 2.45) is 5.41 Å². The number of rotatable bonds is 4. The molecule has 1 aromatic heterocycles. The Balaban J connectivity index is 2.01. The standard InChI is InChI=1S/C13H20BrNS/c1-4-7-15-11-8-9(13(11,2)3)10-5-6-12(14)16-10/h5-6,9,11,15H,4,7-8H2,1-3H3. The molecule has 0 aromatic carbocycles. The maximum absolute atomic E-state index is 3.66. The largest absolute Gasteiger partial charge is 0.313 e. The summed E-state index contributed by atoms with van der Waals surface area (Å²) in [6.07, 6.45) is 2.52. The molecule has 0 amide bonds. The summed E-state index contributed by atoms with van der Waals surface area (Å²) in [6, 6.07) is 5.14. The van der Waals surface area contributed by atoms with Crippen molar-refractivity contribution >= 4 is 27.3 Å². The summed E-state index contributed by atoms with van der Waals surface area (Å²) >= 11 is 5.44. The molecular formula is C13H20BrNS. The molecule has 0 aliphatic heterocycles. The van der Waals surface area contributed by atoms with Crippen LogP contribution in [0.3, 0.4) is 0 Å². The van der Waals surface area contributed by atoms with Crippen LogP contribution >= 0.6 is 27.3 Å². The highest BCUT2D eigenvalue weighted by atomic mass is 79.9. The fourth-order valence-electron chi connectivity index (χ4n) is 2.59. The Labute approximate surface area is 111 Å². The van der Waals surface area contributed by atoms with E-state index in [0.29, 0.717) is 11.5 Å². The quantitative estimate of drug-likeness (QED) is 0.869. The summed E-state index contributed by atoms with van der Waals surface area (Å²) in [4.78, 5) is 1.53. The molecule has 1 aromatic rings. The van der Waals surface area contributed by atoms with Crippen molar-refractivity contribution in [3.05, 3.63) is 20.8 Å². The van der Waals surface area contributed by atoms with Gasteiger partial charge in [-0.05, 0) is 52.9 Å². The molecule has 0 bridgehead atoms. The average molecular weight is 302 g/mol. The average Bonchev–Trinajstić information content (AvgIpc) is 2.63. The molecule has 0 spiro atoms. The van der Waals surface area contributed by atoms with Crippen molar-refractivity contribution < 1.29 is 0 Å². The number of hydrogen-bond acceptors (Lipinski definition) is 2. The highest BCUT2D eigenvalue weighted by molar-refractivity contribution is 9.11. The summed E-state index contributed by atoms with van der Waals surface area (Å²) in [6.45, 7) is 8.16. The van der Waals surface area contributed by atoms with Crippen molar-refractivity contribution in [2.45, 2.75) is 45.6 Å². The zero-order chi connectivity index (χ0) is 11.8. The molecule has 1 saturated carbocycles. The van der Waals surface area contributed by atoms with E-state index in [1.54, 1.807) is 0 Å². The van der Waals surface area contributed by atoms with Gasteiger partial charge in [0, 0.05) is 16.8 Å². The Kier molecular flexibility index (Phi) is 3.77. The predicted molar refractivity (Wildman–Crippen MR) is 75.2 cm³/mol. The lowest BCUT2D eigenvalue weighted by molar-refractivity contribution is 0.0716. The zero-order valence-corrected chi connectivity index (χ0v) is 12.6. The molecule has 3 heteroatoms.